The molecule has 0 aliphatic heterocycles. The average molecular weight is 253 g/mol. The predicted octanol–water partition coefficient (Wildman–Crippen LogP) is 1.15. The molecule has 0 fully saturated rings. The average Bonchev–Trinajstić information content (AvgIpc) is 2.02. The van der Waals surface area contributed by atoms with Crippen LogP contribution in [0.4, 0.5) is 22.0 Å². The number of aliphatic carboxylic acids is 1. The van der Waals surface area contributed by atoms with Crippen LogP contribution in [0.2, 0.25) is 0 Å². The lowest BCUT2D eigenvalue weighted by atomic mass is 10.3. The lowest BCUT2D eigenvalue weighted by Gasteiger charge is -2.13. The summed E-state index contributed by atoms with van der Waals surface area (Å²) in [5.74, 6) is -8.84. The second-order valence-electron chi connectivity index (χ2n) is 2.97. The molecule has 0 aliphatic rings. The minimum absolute atomic E-state index is 0.315. The SMILES string of the molecule is CC(O)N(C)C.O=C(O)C(F)(F)C(F)(F)F. The van der Waals surface area contributed by atoms with E-state index in [1.807, 2.05) is 14.1 Å². The summed E-state index contributed by atoms with van der Waals surface area (Å²) in [5.41, 5.74) is 0. The highest BCUT2D eigenvalue weighted by molar-refractivity contribution is 5.76. The van der Waals surface area contributed by atoms with E-state index >= 15 is 0 Å². The van der Waals surface area contributed by atoms with Gasteiger partial charge in [0.15, 0.2) is 0 Å². The monoisotopic (exact) mass is 253 g/mol. The third-order valence-electron chi connectivity index (χ3n) is 1.37. The summed E-state index contributed by atoms with van der Waals surface area (Å²) in [5, 5.41) is 15.9. The van der Waals surface area contributed by atoms with E-state index < -0.39 is 18.1 Å². The van der Waals surface area contributed by atoms with Crippen molar-refractivity contribution in [3.63, 3.8) is 0 Å². The second-order valence-corrected chi connectivity index (χ2v) is 2.97. The van der Waals surface area contributed by atoms with Crippen LogP contribution in [-0.4, -0.2) is 53.5 Å². The lowest BCUT2D eigenvalue weighted by Crippen LogP contribution is -2.43. The highest BCUT2D eigenvalue weighted by Gasteiger charge is 2.64. The quantitative estimate of drug-likeness (QED) is 0.572. The first kappa shape index (κ1) is 17.4. The van der Waals surface area contributed by atoms with Gasteiger partial charge in [-0.05, 0) is 21.0 Å². The molecule has 4 nitrogen and oxygen atoms in total. The van der Waals surface area contributed by atoms with E-state index in [-0.39, 0.29) is 6.23 Å². The zero-order valence-corrected chi connectivity index (χ0v) is 8.72. The summed E-state index contributed by atoms with van der Waals surface area (Å²) in [4.78, 5) is 10.9. The van der Waals surface area contributed by atoms with Gasteiger partial charge in [-0.15, -0.1) is 0 Å². The van der Waals surface area contributed by atoms with E-state index in [0.717, 1.165) is 0 Å². The van der Waals surface area contributed by atoms with Crippen LogP contribution in [-0.2, 0) is 4.79 Å². The van der Waals surface area contributed by atoms with Gasteiger partial charge in [0, 0.05) is 0 Å². The third-order valence-corrected chi connectivity index (χ3v) is 1.37. The van der Waals surface area contributed by atoms with Gasteiger partial charge in [-0.25, -0.2) is 4.79 Å². The van der Waals surface area contributed by atoms with Crippen LogP contribution in [0.5, 0.6) is 0 Å². The molecule has 0 rings (SSSR count). The molecule has 0 aliphatic carbocycles. The molecular weight excluding hydrogens is 241 g/mol. The Kier molecular flexibility index (Phi) is 6.48. The summed E-state index contributed by atoms with van der Waals surface area (Å²) >= 11 is 0. The predicted molar refractivity (Wildman–Crippen MR) is 44.0 cm³/mol. The minimum atomic E-state index is -6.02. The summed E-state index contributed by atoms with van der Waals surface area (Å²) < 4.78 is 55.5. The molecule has 98 valence electrons. The van der Waals surface area contributed by atoms with Gasteiger partial charge in [0.2, 0.25) is 0 Å². The van der Waals surface area contributed by atoms with Crippen LogP contribution < -0.4 is 0 Å². The van der Waals surface area contributed by atoms with Gasteiger partial charge in [0.05, 0.1) is 0 Å². The molecule has 0 heterocycles. The number of carboxylic acid groups (broad SMARTS) is 1. The van der Waals surface area contributed by atoms with E-state index in [4.69, 9.17) is 10.2 Å². The molecule has 1 unspecified atom stereocenters. The maximum absolute atomic E-state index is 11.3. The van der Waals surface area contributed by atoms with Gasteiger partial charge in [-0.3, -0.25) is 4.90 Å². The number of aliphatic hydroxyl groups excluding tert-OH is 1. The second kappa shape index (κ2) is 5.94. The first-order valence-corrected chi connectivity index (χ1v) is 3.86. The van der Waals surface area contributed by atoms with Crippen LogP contribution in [0.25, 0.3) is 0 Å². The summed E-state index contributed by atoms with van der Waals surface area (Å²) in [6.45, 7) is 1.72. The van der Waals surface area contributed by atoms with Gasteiger partial charge >= 0.3 is 18.1 Å². The zero-order valence-electron chi connectivity index (χ0n) is 8.72. The highest BCUT2D eigenvalue weighted by atomic mass is 19.4. The fourth-order valence-electron chi connectivity index (χ4n) is 0.121. The maximum atomic E-state index is 11.3. The number of rotatable bonds is 2. The van der Waals surface area contributed by atoms with Gasteiger partial charge in [0.25, 0.3) is 0 Å². The van der Waals surface area contributed by atoms with Gasteiger partial charge in [0.1, 0.15) is 6.23 Å². The third kappa shape index (κ3) is 5.81. The normalized spacial score (nSPS) is 14.1. The van der Waals surface area contributed by atoms with Crippen LogP contribution in [0.1, 0.15) is 6.92 Å². The standard InChI is InChI=1S/C4H11NO.C3HF5O2/c1-4(6)5(2)3;4-2(5,1(9)10)3(6,7)8/h4,6H,1-3H3;(H,9,10). The fourth-order valence-corrected chi connectivity index (χ4v) is 0.121. The number of hydrogen-bond acceptors (Lipinski definition) is 3. The number of alkyl halides is 5. The van der Waals surface area contributed by atoms with Crippen molar-refractivity contribution in [3.05, 3.63) is 0 Å². The highest BCUT2D eigenvalue weighted by Crippen LogP contribution is 2.35. The number of hydrogen-bond donors (Lipinski definition) is 2. The van der Waals surface area contributed by atoms with E-state index in [9.17, 15) is 26.7 Å². The summed E-state index contributed by atoms with van der Waals surface area (Å²) in [6.07, 6.45) is -6.33. The minimum Gasteiger partial charge on any atom is -0.477 e. The maximum Gasteiger partial charge on any atom is 0.465 e. The molecule has 0 aromatic heterocycles. The molecular formula is C7H12F5NO3. The lowest BCUT2D eigenvalue weighted by molar-refractivity contribution is -0.277. The van der Waals surface area contributed by atoms with E-state index in [0.29, 0.717) is 0 Å². The van der Waals surface area contributed by atoms with E-state index in [1.165, 1.54) is 0 Å². The Morgan fingerprint density at radius 1 is 1.19 bits per heavy atom. The molecule has 0 saturated heterocycles. The van der Waals surface area contributed by atoms with Crippen molar-refractivity contribution in [1.29, 1.82) is 0 Å². The molecule has 2 N–H and O–H groups in total. The topological polar surface area (TPSA) is 60.8 Å². The Balaban J connectivity index is 0. The Labute approximate surface area is 88.3 Å². The molecule has 16 heavy (non-hydrogen) atoms. The molecule has 0 radical (unpaired) electrons. The Morgan fingerprint density at radius 2 is 1.44 bits per heavy atom. The number of carboxylic acids is 1. The Bertz CT molecular complexity index is 221. The van der Waals surface area contributed by atoms with E-state index in [2.05, 4.69) is 0 Å². The first-order valence-electron chi connectivity index (χ1n) is 3.86. The summed E-state index contributed by atoms with van der Waals surface area (Å²) in [6, 6.07) is 0. The molecule has 0 aromatic carbocycles. The van der Waals surface area contributed by atoms with Crippen LogP contribution >= 0.6 is 0 Å². The Morgan fingerprint density at radius 3 is 1.44 bits per heavy atom. The van der Waals surface area contributed by atoms with Crippen molar-refractivity contribution in [2.24, 2.45) is 0 Å². The zero-order chi connectivity index (χ0) is 13.7. The molecule has 0 bridgehead atoms. The fraction of sp³-hybridized carbons (Fsp3) is 0.857. The number of aliphatic hydroxyl groups is 1. The molecule has 0 saturated carbocycles. The van der Waals surface area contributed by atoms with Crippen molar-refractivity contribution in [2.45, 2.75) is 25.3 Å². The van der Waals surface area contributed by atoms with Gasteiger partial charge in [-0.1, -0.05) is 0 Å². The van der Waals surface area contributed by atoms with Crippen LogP contribution in [0, 0.1) is 0 Å². The number of carbonyl (C=O) groups is 1. The van der Waals surface area contributed by atoms with Crippen molar-refractivity contribution in [1.82, 2.24) is 4.90 Å². The first-order chi connectivity index (χ1) is 6.84. The molecule has 9 heteroatoms. The van der Waals surface area contributed by atoms with Gasteiger partial charge in [-0.2, -0.15) is 22.0 Å². The van der Waals surface area contributed by atoms with Crippen LogP contribution in [0.15, 0.2) is 0 Å². The molecule has 0 amide bonds. The summed E-state index contributed by atoms with van der Waals surface area (Å²) in [7, 11) is 3.65. The van der Waals surface area contributed by atoms with Crippen molar-refractivity contribution >= 4 is 5.97 Å². The van der Waals surface area contributed by atoms with Crippen LogP contribution in [0.3, 0.4) is 0 Å². The molecule has 0 spiro atoms. The largest absolute Gasteiger partial charge is 0.477 e. The van der Waals surface area contributed by atoms with Crippen molar-refractivity contribution in [3.8, 4) is 0 Å². The smallest absolute Gasteiger partial charge is 0.465 e. The van der Waals surface area contributed by atoms with Crippen molar-refractivity contribution in [2.75, 3.05) is 14.1 Å². The number of nitrogens with zero attached hydrogens (tertiary/aromatic N) is 1. The molecule has 0 aromatic rings. The Hall–Kier alpha value is -0.960. The molecule has 1 atom stereocenters. The van der Waals surface area contributed by atoms with Gasteiger partial charge < -0.3 is 10.2 Å². The van der Waals surface area contributed by atoms with E-state index in [1.54, 1.807) is 11.8 Å². The van der Waals surface area contributed by atoms with Crippen molar-refractivity contribution < 1.29 is 37.0 Å². The number of halogens is 5.